The predicted octanol–water partition coefficient (Wildman–Crippen LogP) is 8.37. The molecule has 0 radical (unpaired) electrons. The molecule has 0 aromatic heterocycles. The van der Waals surface area contributed by atoms with Gasteiger partial charge in [0.15, 0.2) is 0 Å². The molecule has 4 heteroatoms. The Kier molecular flexibility index (Phi) is 9.19. The number of ether oxygens (including phenoxy) is 1. The number of benzene rings is 3. The molecular formula is C43H56O4. The van der Waals surface area contributed by atoms with Gasteiger partial charge in [0, 0.05) is 6.61 Å². The Morgan fingerprint density at radius 2 is 1.32 bits per heavy atom. The summed E-state index contributed by atoms with van der Waals surface area (Å²) < 4.78 is 7.11. The average Bonchev–Trinajstić information content (AvgIpc) is 3.45. The SMILES string of the molecule is C[C@H](CCCOC(c1ccccc1)(c1ccccc1)c1ccccc1)[C@H]1CC[C@H]2[C@@H]3[C@H](O)C[C@@H]4CC(O)CC[C@]4(C)[C@H]3C[C@H](O)[C@]12C. The molecule has 252 valence electrons. The van der Waals surface area contributed by atoms with Crippen LogP contribution in [0.15, 0.2) is 91.0 Å². The molecule has 0 heterocycles. The summed E-state index contributed by atoms with van der Waals surface area (Å²) in [5.74, 6) is 2.17. The van der Waals surface area contributed by atoms with E-state index in [9.17, 15) is 15.3 Å². The van der Waals surface area contributed by atoms with E-state index in [2.05, 4.69) is 112 Å². The van der Waals surface area contributed by atoms with Crippen molar-refractivity contribution < 1.29 is 20.1 Å². The molecule has 4 nitrogen and oxygen atoms in total. The zero-order valence-corrected chi connectivity index (χ0v) is 28.7. The minimum absolute atomic E-state index is 0.106. The van der Waals surface area contributed by atoms with Crippen molar-refractivity contribution in [2.75, 3.05) is 6.61 Å². The number of aliphatic hydroxyl groups excluding tert-OH is 3. The van der Waals surface area contributed by atoms with Crippen LogP contribution in [0.2, 0.25) is 0 Å². The van der Waals surface area contributed by atoms with Crippen LogP contribution in [0.5, 0.6) is 0 Å². The lowest BCUT2D eigenvalue weighted by Gasteiger charge is -2.63. The lowest BCUT2D eigenvalue weighted by atomic mass is 9.43. The van der Waals surface area contributed by atoms with Gasteiger partial charge in [0.05, 0.1) is 18.3 Å². The molecule has 3 aromatic carbocycles. The molecule has 3 N–H and O–H groups in total. The van der Waals surface area contributed by atoms with Gasteiger partial charge in [0.2, 0.25) is 0 Å². The van der Waals surface area contributed by atoms with Crippen molar-refractivity contribution in [3.8, 4) is 0 Å². The molecule has 7 rings (SSSR count). The minimum atomic E-state index is -0.702. The zero-order valence-electron chi connectivity index (χ0n) is 28.7. The van der Waals surface area contributed by atoms with Crippen molar-refractivity contribution in [2.24, 2.45) is 46.3 Å². The van der Waals surface area contributed by atoms with Gasteiger partial charge in [0.1, 0.15) is 5.60 Å². The fourth-order valence-corrected chi connectivity index (χ4v) is 11.7. The van der Waals surface area contributed by atoms with Crippen LogP contribution in [0.4, 0.5) is 0 Å². The topological polar surface area (TPSA) is 69.9 Å². The third-order valence-electron chi connectivity index (χ3n) is 14.2. The summed E-state index contributed by atoms with van der Waals surface area (Å²) in [6, 6.07) is 31.8. The molecule has 4 aliphatic carbocycles. The lowest BCUT2D eigenvalue weighted by Crippen LogP contribution is -2.62. The zero-order chi connectivity index (χ0) is 32.8. The molecule has 0 spiro atoms. The highest BCUT2D eigenvalue weighted by molar-refractivity contribution is 5.47. The maximum absolute atomic E-state index is 12.0. The number of aliphatic hydroxyl groups is 3. The Balaban J connectivity index is 1.08. The van der Waals surface area contributed by atoms with Gasteiger partial charge in [-0.25, -0.2) is 0 Å². The van der Waals surface area contributed by atoms with Gasteiger partial charge in [0.25, 0.3) is 0 Å². The van der Waals surface area contributed by atoms with Crippen LogP contribution in [-0.4, -0.2) is 40.2 Å². The fraction of sp³-hybridized carbons (Fsp3) is 0.581. The first-order valence-corrected chi connectivity index (χ1v) is 18.5. The van der Waals surface area contributed by atoms with E-state index in [1.54, 1.807) is 0 Å². The Morgan fingerprint density at radius 3 is 1.89 bits per heavy atom. The maximum Gasteiger partial charge on any atom is 0.143 e. The largest absolute Gasteiger partial charge is 0.393 e. The van der Waals surface area contributed by atoms with Gasteiger partial charge >= 0.3 is 0 Å². The predicted molar refractivity (Wildman–Crippen MR) is 188 cm³/mol. The van der Waals surface area contributed by atoms with Gasteiger partial charge < -0.3 is 20.1 Å². The number of hydrogen-bond acceptors (Lipinski definition) is 4. The second kappa shape index (κ2) is 13.1. The number of rotatable bonds is 9. The Morgan fingerprint density at radius 1 is 0.745 bits per heavy atom. The number of hydrogen-bond donors (Lipinski definition) is 3. The van der Waals surface area contributed by atoms with E-state index in [-0.39, 0.29) is 35.1 Å². The molecule has 4 aliphatic rings. The molecule has 11 atom stereocenters. The van der Waals surface area contributed by atoms with Crippen LogP contribution in [-0.2, 0) is 10.3 Å². The lowest BCUT2D eigenvalue weighted by molar-refractivity contribution is -0.207. The molecule has 4 fully saturated rings. The van der Waals surface area contributed by atoms with Crippen LogP contribution in [0.3, 0.4) is 0 Å². The molecule has 0 aliphatic heterocycles. The maximum atomic E-state index is 12.0. The monoisotopic (exact) mass is 636 g/mol. The molecule has 3 aromatic rings. The van der Waals surface area contributed by atoms with Crippen LogP contribution >= 0.6 is 0 Å². The quantitative estimate of drug-likeness (QED) is 0.163. The van der Waals surface area contributed by atoms with E-state index in [4.69, 9.17) is 4.74 Å². The highest BCUT2D eigenvalue weighted by atomic mass is 16.5. The summed E-state index contributed by atoms with van der Waals surface area (Å²) in [5.41, 5.74) is 2.62. The first-order chi connectivity index (χ1) is 22.7. The molecule has 1 unspecified atom stereocenters. The van der Waals surface area contributed by atoms with E-state index in [1.807, 2.05) is 0 Å². The second-order valence-electron chi connectivity index (χ2n) is 16.3. The molecule has 47 heavy (non-hydrogen) atoms. The van der Waals surface area contributed by atoms with Crippen molar-refractivity contribution in [3.63, 3.8) is 0 Å². The third kappa shape index (κ3) is 5.52. The normalized spacial score (nSPS) is 37.4. The van der Waals surface area contributed by atoms with Crippen molar-refractivity contribution in [1.82, 2.24) is 0 Å². The Labute approximate surface area is 282 Å². The van der Waals surface area contributed by atoms with E-state index in [1.165, 1.54) is 0 Å². The fourth-order valence-electron chi connectivity index (χ4n) is 11.7. The van der Waals surface area contributed by atoms with Gasteiger partial charge in [-0.05, 0) is 121 Å². The Bertz CT molecular complexity index is 1360. The summed E-state index contributed by atoms with van der Waals surface area (Å²) in [6.45, 7) is 7.80. The van der Waals surface area contributed by atoms with Gasteiger partial charge in [-0.3, -0.25) is 0 Å². The standard InChI is InChI=1S/C43H56O4/c1-29(14-13-25-47-43(30-15-7-4-8-16-30,31-17-9-5-10-18-31)32-19-11-6-12-20-32)35-21-22-36-40-37(28-39(46)42(35,36)3)41(2)24-23-34(44)26-33(41)27-38(40)45/h4-12,15-20,29,33-40,44-46H,13-14,21-28H2,1-3H3/t29-,33+,34?,35-,36+,37+,38-,39+,40+,41+,42-/m1/s1. The summed E-state index contributed by atoms with van der Waals surface area (Å²) >= 11 is 0. The first-order valence-electron chi connectivity index (χ1n) is 18.5. The first kappa shape index (κ1) is 33.0. The van der Waals surface area contributed by atoms with Crippen molar-refractivity contribution in [1.29, 1.82) is 0 Å². The van der Waals surface area contributed by atoms with Gasteiger partial charge in [-0.2, -0.15) is 0 Å². The molecule has 4 saturated carbocycles. The third-order valence-corrected chi connectivity index (χ3v) is 14.2. The second-order valence-corrected chi connectivity index (χ2v) is 16.3. The van der Waals surface area contributed by atoms with E-state index in [0.29, 0.717) is 36.2 Å². The smallest absolute Gasteiger partial charge is 0.143 e. The summed E-state index contributed by atoms with van der Waals surface area (Å²) in [7, 11) is 0. The summed E-state index contributed by atoms with van der Waals surface area (Å²) in [4.78, 5) is 0. The summed E-state index contributed by atoms with van der Waals surface area (Å²) in [5, 5.41) is 34.2. The molecule has 0 saturated heterocycles. The van der Waals surface area contributed by atoms with E-state index in [0.717, 1.165) is 74.5 Å². The highest BCUT2D eigenvalue weighted by Gasteiger charge is 2.65. The number of fused-ring (bicyclic) bond motifs is 5. The van der Waals surface area contributed by atoms with Crippen molar-refractivity contribution in [3.05, 3.63) is 108 Å². The van der Waals surface area contributed by atoms with Gasteiger partial charge in [-0.1, -0.05) is 112 Å². The van der Waals surface area contributed by atoms with Crippen molar-refractivity contribution >= 4 is 0 Å². The van der Waals surface area contributed by atoms with Crippen LogP contribution in [0.1, 0.15) is 95.2 Å². The van der Waals surface area contributed by atoms with Crippen LogP contribution in [0.25, 0.3) is 0 Å². The summed E-state index contributed by atoms with van der Waals surface area (Å²) in [6.07, 6.45) is 7.55. The molecular weight excluding hydrogens is 580 g/mol. The van der Waals surface area contributed by atoms with E-state index >= 15 is 0 Å². The molecule has 0 bridgehead atoms. The molecule has 0 amide bonds. The van der Waals surface area contributed by atoms with Crippen LogP contribution in [0, 0.1) is 46.3 Å². The average molecular weight is 637 g/mol. The van der Waals surface area contributed by atoms with Gasteiger partial charge in [-0.15, -0.1) is 0 Å². The minimum Gasteiger partial charge on any atom is -0.393 e. The highest BCUT2D eigenvalue weighted by Crippen LogP contribution is 2.68. The Hall–Kier alpha value is -2.50. The van der Waals surface area contributed by atoms with Crippen molar-refractivity contribution in [2.45, 2.75) is 102 Å². The van der Waals surface area contributed by atoms with Crippen LogP contribution < -0.4 is 0 Å². The van der Waals surface area contributed by atoms with E-state index < -0.39 is 5.60 Å².